The van der Waals surface area contributed by atoms with Gasteiger partial charge < -0.3 is 20.3 Å². The van der Waals surface area contributed by atoms with Gasteiger partial charge in [-0.2, -0.15) is 0 Å². The molecule has 0 saturated carbocycles. The summed E-state index contributed by atoms with van der Waals surface area (Å²) in [5.74, 6) is -1.55. The summed E-state index contributed by atoms with van der Waals surface area (Å²) in [6.07, 6.45) is 2.17. The van der Waals surface area contributed by atoms with Crippen molar-refractivity contribution in [3.63, 3.8) is 0 Å². The monoisotopic (exact) mass is 413 g/mol. The fourth-order valence-corrected chi connectivity index (χ4v) is 3.39. The molecule has 0 aliphatic carbocycles. The molecular weight excluding hydrogens is 390 g/mol. The molecule has 0 spiro atoms. The van der Waals surface area contributed by atoms with E-state index in [1.807, 2.05) is 7.05 Å². The molecule has 1 unspecified atom stereocenters. The Bertz CT molecular complexity index is 932. The lowest BCUT2D eigenvalue weighted by Crippen LogP contribution is -2.15. The third-order valence-corrected chi connectivity index (χ3v) is 4.87. The number of rotatable bonds is 8. The van der Waals surface area contributed by atoms with Crippen LogP contribution in [0.5, 0.6) is 5.75 Å². The molecule has 7 heteroatoms. The Kier molecular flexibility index (Phi) is 8.88. The Morgan fingerprint density at radius 3 is 2.34 bits per heavy atom. The molecule has 0 saturated heterocycles. The lowest BCUT2D eigenvalue weighted by Gasteiger charge is -2.19. The fourth-order valence-electron chi connectivity index (χ4n) is 2.60. The number of carboxylic acids is 2. The second kappa shape index (κ2) is 11.6. The van der Waals surface area contributed by atoms with Crippen LogP contribution in [0.15, 0.2) is 72.1 Å². The van der Waals surface area contributed by atoms with Crippen LogP contribution < -0.4 is 10.1 Å². The maximum atomic E-state index is 9.55. The van der Waals surface area contributed by atoms with Crippen LogP contribution in [0.4, 0.5) is 0 Å². The first-order valence-corrected chi connectivity index (χ1v) is 9.85. The van der Waals surface area contributed by atoms with Gasteiger partial charge in [-0.25, -0.2) is 9.59 Å². The van der Waals surface area contributed by atoms with Gasteiger partial charge in [0.2, 0.25) is 0 Å². The Morgan fingerprint density at radius 2 is 1.72 bits per heavy atom. The van der Waals surface area contributed by atoms with Gasteiger partial charge in [0.05, 0.1) is 0 Å². The van der Waals surface area contributed by atoms with E-state index >= 15 is 0 Å². The van der Waals surface area contributed by atoms with Gasteiger partial charge in [0, 0.05) is 28.8 Å². The van der Waals surface area contributed by atoms with E-state index in [9.17, 15) is 9.59 Å². The van der Waals surface area contributed by atoms with Crippen LogP contribution in [0.3, 0.4) is 0 Å². The second-order valence-electron chi connectivity index (χ2n) is 6.00. The highest BCUT2D eigenvalue weighted by molar-refractivity contribution is 7.10. The summed E-state index contributed by atoms with van der Waals surface area (Å²) in [5, 5.41) is 23.3. The third-order valence-electron chi connectivity index (χ3n) is 3.90. The second-order valence-corrected chi connectivity index (χ2v) is 6.98. The van der Waals surface area contributed by atoms with Crippen molar-refractivity contribution in [2.24, 2.45) is 0 Å². The van der Waals surface area contributed by atoms with Crippen LogP contribution in [-0.4, -0.2) is 35.7 Å². The predicted molar refractivity (Wildman–Crippen MR) is 115 cm³/mol. The van der Waals surface area contributed by atoms with Crippen molar-refractivity contribution in [2.45, 2.75) is 12.5 Å². The predicted octanol–water partition coefficient (Wildman–Crippen LogP) is 4.34. The molecule has 152 valence electrons. The van der Waals surface area contributed by atoms with E-state index in [-0.39, 0.29) is 6.10 Å². The molecule has 6 nitrogen and oxygen atoms in total. The molecular formula is C22H23NO5S. The van der Waals surface area contributed by atoms with Crippen LogP contribution in [0.25, 0.3) is 10.8 Å². The van der Waals surface area contributed by atoms with E-state index < -0.39 is 11.9 Å². The zero-order valence-electron chi connectivity index (χ0n) is 15.9. The van der Waals surface area contributed by atoms with Gasteiger partial charge in [0.25, 0.3) is 0 Å². The van der Waals surface area contributed by atoms with E-state index in [4.69, 9.17) is 14.9 Å². The fraction of sp³-hybridized carbons (Fsp3) is 0.182. The highest BCUT2D eigenvalue weighted by Gasteiger charge is 2.15. The first-order valence-electron chi connectivity index (χ1n) is 8.97. The van der Waals surface area contributed by atoms with Crippen molar-refractivity contribution in [2.75, 3.05) is 13.6 Å². The minimum atomic E-state index is -1.26. The summed E-state index contributed by atoms with van der Waals surface area (Å²) in [4.78, 5) is 20.4. The molecule has 0 radical (unpaired) electrons. The van der Waals surface area contributed by atoms with Crippen LogP contribution in [0.1, 0.15) is 17.4 Å². The maximum Gasteiger partial charge on any atom is 0.328 e. The van der Waals surface area contributed by atoms with Crippen LogP contribution in [0.2, 0.25) is 0 Å². The number of carboxylic acid groups (broad SMARTS) is 2. The van der Waals surface area contributed by atoms with E-state index in [1.54, 1.807) is 11.3 Å². The van der Waals surface area contributed by atoms with Gasteiger partial charge in [0.15, 0.2) is 0 Å². The molecule has 1 heterocycles. The quantitative estimate of drug-likeness (QED) is 0.476. The molecule has 0 aliphatic heterocycles. The Labute approximate surface area is 173 Å². The van der Waals surface area contributed by atoms with Gasteiger partial charge in [-0.1, -0.05) is 42.5 Å². The zero-order valence-corrected chi connectivity index (χ0v) is 16.8. The van der Waals surface area contributed by atoms with Gasteiger partial charge in [0.1, 0.15) is 11.9 Å². The molecule has 3 rings (SSSR count). The van der Waals surface area contributed by atoms with E-state index in [1.165, 1.54) is 15.6 Å². The molecule has 0 amide bonds. The van der Waals surface area contributed by atoms with Gasteiger partial charge in [-0.3, -0.25) is 0 Å². The minimum Gasteiger partial charge on any atom is -0.484 e. The number of carbonyl (C=O) groups is 2. The molecule has 1 atom stereocenters. The van der Waals surface area contributed by atoms with Crippen molar-refractivity contribution in [3.8, 4) is 5.75 Å². The molecule has 3 N–H and O–H groups in total. The standard InChI is InChI=1S/C18H19NOS.C4H4O4/c1-19-12-11-17(18-10-5-13-21-18)20-16-9-4-7-14-6-2-3-8-15(14)16;5-3(6)1-2-4(7)8/h2-10,13,17,19H,11-12H2,1H3;1-2H,(H,5,6)(H,7,8)/b;2-1+. The molecule has 0 aliphatic rings. The SMILES string of the molecule is CNCCC(Oc1cccc2ccccc12)c1cccs1.O=C(O)/C=C/C(=O)O. The molecule has 0 bridgehead atoms. The molecule has 3 aromatic rings. The summed E-state index contributed by atoms with van der Waals surface area (Å²) in [5.41, 5.74) is 0. The molecule has 2 aromatic carbocycles. The number of aliphatic carboxylic acids is 2. The Morgan fingerprint density at radius 1 is 1.03 bits per heavy atom. The topological polar surface area (TPSA) is 95.9 Å². The molecule has 0 fully saturated rings. The van der Waals surface area contributed by atoms with Crippen LogP contribution in [0, 0.1) is 0 Å². The van der Waals surface area contributed by atoms with Crippen molar-refractivity contribution in [3.05, 3.63) is 77.0 Å². The van der Waals surface area contributed by atoms with Crippen LogP contribution in [-0.2, 0) is 9.59 Å². The number of benzene rings is 2. The zero-order chi connectivity index (χ0) is 21.1. The lowest BCUT2D eigenvalue weighted by atomic mass is 10.1. The third kappa shape index (κ3) is 7.40. The number of hydrogen-bond acceptors (Lipinski definition) is 5. The summed E-state index contributed by atoms with van der Waals surface area (Å²) in [7, 11) is 1.98. The van der Waals surface area contributed by atoms with Gasteiger partial charge in [-0.15, -0.1) is 11.3 Å². The number of fused-ring (bicyclic) bond motifs is 1. The first-order chi connectivity index (χ1) is 14.0. The Balaban J connectivity index is 0.000000321. The number of ether oxygens (including phenoxy) is 1. The average Bonchev–Trinajstić information content (AvgIpc) is 3.25. The van der Waals surface area contributed by atoms with Crippen molar-refractivity contribution in [1.82, 2.24) is 5.32 Å². The first kappa shape index (κ1) is 22.1. The minimum absolute atomic E-state index is 0.100. The maximum absolute atomic E-state index is 9.55. The van der Waals surface area contributed by atoms with Crippen molar-refractivity contribution < 1.29 is 24.5 Å². The lowest BCUT2D eigenvalue weighted by molar-refractivity contribution is -0.134. The largest absolute Gasteiger partial charge is 0.484 e. The summed E-state index contributed by atoms with van der Waals surface area (Å²) in [6.45, 7) is 0.938. The average molecular weight is 413 g/mol. The van der Waals surface area contributed by atoms with Crippen LogP contribution >= 0.6 is 11.3 Å². The van der Waals surface area contributed by atoms with E-state index in [0.717, 1.165) is 18.7 Å². The number of hydrogen-bond donors (Lipinski definition) is 3. The number of thiophene rings is 1. The van der Waals surface area contributed by atoms with Crippen molar-refractivity contribution in [1.29, 1.82) is 0 Å². The highest BCUT2D eigenvalue weighted by Crippen LogP contribution is 2.32. The van der Waals surface area contributed by atoms with Gasteiger partial charge >= 0.3 is 11.9 Å². The van der Waals surface area contributed by atoms with E-state index in [0.29, 0.717) is 12.2 Å². The number of nitrogens with one attached hydrogen (secondary N) is 1. The molecule has 1 aromatic heterocycles. The normalized spacial score (nSPS) is 11.6. The Hall–Kier alpha value is -3.16. The van der Waals surface area contributed by atoms with Gasteiger partial charge in [-0.05, 0) is 36.5 Å². The van der Waals surface area contributed by atoms with Crippen molar-refractivity contribution >= 4 is 34.0 Å². The smallest absolute Gasteiger partial charge is 0.328 e. The summed E-state index contributed by atoms with van der Waals surface area (Å²) < 4.78 is 6.34. The molecule has 29 heavy (non-hydrogen) atoms. The highest BCUT2D eigenvalue weighted by atomic mass is 32.1. The summed E-state index contributed by atoms with van der Waals surface area (Å²) in [6, 6.07) is 18.8. The van der Waals surface area contributed by atoms with E-state index in [2.05, 4.69) is 65.3 Å². The summed E-state index contributed by atoms with van der Waals surface area (Å²) >= 11 is 1.75.